The summed E-state index contributed by atoms with van der Waals surface area (Å²) in [4.78, 5) is 39.2. The summed E-state index contributed by atoms with van der Waals surface area (Å²) in [5.74, 6) is -3.03. The van der Waals surface area contributed by atoms with Gasteiger partial charge in [-0.25, -0.2) is 0 Å². The molecule has 204 valence electrons. The second-order valence-corrected chi connectivity index (χ2v) is 10.3. The van der Waals surface area contributed by atoms with E-state index < -0.39 is 41.3 Å². The number of nitrogens with zero attached hydrogens (tertiary/aromatic N) is 2. The number of alkyl halides is 3. The Morgan fingerprint density at radius 3 is 2.50 bits per heavy atom. The van der Waals surface area contributed by atoms with Gasteiger partial charge in [-0.1, -0.05) is 6.07 Å². The molecule has 3 N–H and O–H groups in total. The minimum absolute atomic E-state index is 0.0954. The van der Waals surface area contributed by atoms with E-state index in [9.17, 15) is 27.6 Å². The van der Waals surface area contributed by atoms with Crippen LogP contribution in [0.25, 0.3) is 0 Å². The van der Waals surface area contributed by atoms with E-state index in [0.717, 1.165) is 5.56 Å². The number of nitrogens with one attached hydrogen (secondary N) is 3. The lowest BCUT2D eigenvalue weighted by Crippen LogP contribution is -2.50. The summed E-state index contributed by atoms with van der Waals surface area (Å²) in [7, 11) is 1.59. The molecule has 1 aromatic heterocycles. The summed E-state index contributed by atoms with van der Waals surface area (Å²) < 4.78 is 46.5. The fraction of sp³-hybridized carbons (Fsp3) is 0.538. The SMILES string of the molecule is Cn1nccc1C(=O)NC(C(=O)Nc1ccc2c(c1)NC(=O)C21CCOCC1)C1CCC(C(F)(F)F)CC1. The molecule has 1 saturated carbocycles. The number of rotatable bonds is 5. The highest BCUT2D eigenvalue weighted by atomic mass is 19.4. The highest BCUT2D eigenvalue weighted by Gasteiger charge is 2.48. The summed E-state index contributed by atoms with van der Waals surface area (Å²) in [6.07, 6.45) is -1.59. The monoisotopic (exact) mass is 533 g/mol. The van der Waals surface area contributed by atoms with Gasteiger partial charge in [0.2, 0.25) is 11.8 Å². The molecule has 1 aromatic carbocycles. The molecule has 0 radical (unpaired) electrons. The van der Waals surface area contributed by atoms with Crippen molar-refractivity contribution in [1.82, 2.24) is 15.1 Å². The Morgan fingerprint density at radius 2 is 1.87 bits per heavy atom. The van der Waals surface area contributed by atoms with Crippen LogP contribution in [0, 0.1) is 11.8 Å². The predicted octanol–water partition coefficient (Wildman–Crippen LogP) is 3.53. The Kier molecular flexibility index (Phi) is 6.93. The minimum Gasteiger partial charge on any atom is -0.381 e. The maximum atomic E-state index is 13.5. The van der Waals surface area contributed by atoms with Crippen LogP contribution in [0.2, 0.25) is 0 Å². The number of benzene rings is 1. The Balaban J connectivity index is 1.35. The zero-order valence-corrected chi connectivity index (χ0v) is 20.9. The van der Waals surface area contributed by atoms with E-state index in [1.165, 1.54) is 16.9 Å². The molecule has 12 heteroatoms. The van der Waals surface area contributed by atoms with Crippen molar-refractivity contribution in [3.63, 3.8) is 0 Å². The number of carbonyl (C=O) groups is 3. The third kappa shape index (κ3) is 4.89. The van der Waals surface area contributed by atoms with Crippen molar-refractivity contribution in [1.29, 1.82) is 0 Å². The van der Waals surface area contributed by atoms with Crippen LogP contribution < -0.4 is 16.0 Å². The molecule has 1 unspecified atom stereocenters. The number of aryl methyl sites for hydroxylation is 1. The topological polar surface area (TPSA) is 114 Å². The number of ether oxygens (including phenoxy) is 1. The third-order valence-electron chi connectivity index (χ3n) is 8.16. The van der Waals surface area contributed by atoms with Gasteiger partial charge in [-0.15, -0.1) is 0 Å². The lowest BCUT2D eigenvalue weighted by atomic mass is 9.75. The molecular formula is C26H30F3N5O4. The molecule has 3 amide bonds. The van der Waals surface area contributed by atoms with Gasteiger partial charge < -0.3 is 20.7 Å². The fourth-order valence-corrected chi connectivity index (χ4v) is 5.93. The van der Waals surface area contributed by atoms with E-state index in [4.69, 9.17) is 4.74 Å². The summed E-state index contributed by atoms with van der Waals surface area (Å²) >= 11 is 0. The predicted molar refractivity (Wildman–Crippen MR) is 131 cm³/mol. The molecule has 2 aromatic rings. The molecule has 0 bridgehead atoms. The number of hydrogen-bond acceptors (Lipinski definition) is 5. The van der Waals surface area contributed by atoms with E-state index in [2.05, 4.69) is 21.0 Å². The third-order valence-corrected chi connectivity index (χ3v) is 8.16. The fourth-order valence-electron chi connectivity index (χ4n) is 5.93. The van der Waals surface area contributed by atoms with Crippen molar-refractivity contribution >= 4 is 29.1 Å². The van der Waals surface area contributed by atoms with E-state index in [1.807, 2.05) is 6.07 Å². The molecule has 38 heavy (non-hydrogen) atoms. The van der Waals surface area contributed by atoms with Gasteiger partial charge in [0, 0.05) is 37.8 Å². The summed E-state index contributed by atoms with van der Waals surface area (Å²) in [5.41, 5.74) is 1.47. The molecule has 2 aliphatic heterocycles. The number of fused-ring (bicyclic) bond motifs is 2. The summed E-state index contributed by atoms with van der Waals surface area (Å²) in [6, 6.07) is 5.65. The highest BCUT2D eigenvalue weighted by molar-refractivity contribution is 6.07. The Labute approximate surface area is 217 Å². The Hall–Kier alpha value is -3.41. The second kappa shape index (κ2) is 10.0. The van der Waals surface area contributed by atoms with Gasteiger partial charge >= 0.3 is 6.18 Å². The average Bonchev–Trinajstić information content (AvgIpc) is 3.43. The smallest absolute Gasteiger partial charge is 0.381 e. The maximum Gasteiger partial charge on any atom is 0.391 e. The molecule has 1 atom stereocenters. The standard InChI is InChI=1S/C26H30F3N5O4/c1-34-20(8-11-30-34)22(35)33-21(15-2-4-16(5-3-15)26(27,28)29)23(36)31-17-6-7-18-19(14-17)32-24(37)25(18)9-12-38-13-10-25/h6-8,11,14-16,21H,2-5,9-10,12-13H2,1H3,(H,31,36)(H,32,37)(H,33,35). The van der Waals surface area contributed by atoms with Gasteiger partial charge in [-0.3, -0.25) is 19.1 Å². The molecule has 9 nitrogen and oxygen atoms in total. The van der Waals surface area contributed by atoms with Gasteiger partial charge in [0.15, 0.2) is 0 Å². The minimum atomic E-state index is -4.28. The van der Waals surface area contributed by atoms with E-state index in [1.54, 1.807) is 19.2 Å². The van der Waals surface area contributed by atoms with Crippen LogP contribution in [0.1, 0.15) is 54.6 Å². The number of amides is 3. The van der Waals surface area contributed by atoms with E-state index >= 15 is 0 Å². The van der Waals surface area contributed by atoms with E-state index in [0.29, 0.717) is 37.4 Å². The zero-order valence-electron chi connectivity index (χ0n) is 20.9. The van der Waals surface area contributed by atoms with Crippen molar-refractivity contribution in [3.05, 3.63) is 41.7 Å². The number of hydrogen-bond donors (Lipinski definition) is 3. The molecule has 2 fully saturated rings. The maximum absolute atomic E-state index is 13.5. The van der Waals surface area contributed by atoms with Crippen molar-refractivity contribution in [2.75, 3.05) is 23.8 Å². The number of anilines is 2. The van der Waals surface area contributed by atoms with Gasteiger partial charge in [0.05, 0.1) is 11.3 Å². The molecule has 1 saturated heterocycles. The summed E-state index contributed by atoms with van der Waals surface area (Å²) in [5, 5.41) is 12.4. The van der Waals surface area contributed by atoms with Crippen molar-refractivity contribution in [2.45, 2.75) is 56.2 Å². The van der Waals surface area contributed by atoms with E-state index in [-0.39, 0.29) is 37.3 Å². The van der Waals surface area contributed by atoms with Gasteiger partial charge in [0.25, 0.3) is 5.91 Å². The Bertz CT molecular complexity index is 1230. The Morgan fingerprint density at radius 1 is 1.16 bits per heavy atom. The lowest BCUT2D eigenvalue weighted by Gasteiger charge is -2.34. The molecule has 1 aliphatic carbocycles. The first-order chi connectivity index (χ1) is 18.1. The van der Waals surface area contributed by atoms with Gasteiger partial charge in [-0.2, -0.15) is 18.3 Å². The van der Waals surface area contributed by atoms with Gasteiger partial charge in [0.1, 0.15) is 11.7 Å². The first kappa shape index (κ1) is 26.2. The van der Waals surface area contributed by atoms with Crippen LogP contribution in [0.4, 0.5) is 24.5 Å². The van der Waals surface area contributed by atoms with Crippen molar-refractivity contribution in [3.8, 4) is 0 Å². The molecule has 3 heterocycles. The zero-order chi connectivity index (χ0) is 27.1. The first-order valence-corrected chi connectivity index (χ1v) is 12.8. The van der Waals surface area contributed by atoms with Crippen molar-refractivity contribution < 1.29 is 32.3 Å². The normalized spacial score (nSPS) is 23.4. The summed E-state index contributed by atoms with van der Waals surface area (Å²) in [6.45, 7) is 0.972. The average molecular weight is 534 g/mol. The van der Waals surface area contributed by atoms with Crippen molar-refractivity contribution in [2.24, 2.45) is 18.9 Å². The van der Waals surface area contributed by atoms with Crippen LogP contribution >= 0.6 is 0 Å². The molecule has 5 rings (SSSR count). The second-order valence-electron chi connectivity index (χ2n) is 10.3. The van der Waals surface area contributed by atoms with Crippen LogP contribution in [-0.4, -0.2) is 52.9 Å². The first-order valence-electron chi connectivity index (χ1n) is 12.8. The lowest BCUT2D eigenvalue weighted by molar-refractivity contribution is -0.184. The van der Waals surface area contributed by atoms with Crippen LogP contribution in [0.15, 0.2) is 30.5 Å². The number of aromatic nitrogens is 2. The van der Waals surface area contributed by atoms with Crippen LogP contribution in [0.5, 0.6) is 0 Å². The molecular weight excluding hydrogens is 503 g/mol. The largest absolute Gasteiger partial charge is 0.391 e. The van der Waals surface area contributed by atoms with Gasteiger partial charge in [-0.05, 0) is 68.2 Å². The quantitative estimate of drug-likeness (QED) is 0.544. The van der Waals surface area contributed by atoms with Crippen LogP contribution in [-0.2, 0) is 26.8 Å². The molecule has 1 spiro atoms. The number of carbonyl (C=O) groups excluding carboxylic acids is 3. The highest BCUT2D eigenvalue weighted by Crippen LogP contribution is 2.45. The molecule has 3 aliphatic rings. The number of halogens is 3. The van der Waals surface area contributed by atoms with Crippen LogP contribution in [0.3, 0.4) is 0 Å².